The highest BCUT2D eigenvalue weighted by molar-refractivity contribution is 7.09. The molecule has 1 aromatic heterocycles. The van der Waals surface area contributed by atoms with Gasteiger partial charge >= 0.3 is 0 Å². The summed E-state index contributed by atoms with van der Waals surface area (Å²) in [5.41, 5.74) is 6.98. The number of thiazole rings is 1. The van der Waals surface area contributed by atoms with Crippen LogP contribution in [0.1, 0.15) is 43.4 Å². The van der Waals surface area contributed by atoms with Gasteiger partial charge in [0.15, 0.2) is 0 Å². The van der Waals surface area contributed by atoms with Gasteiger partial charge in [0.25, 0.3) is 0 Å². The van der Waals surface area contributed by atoms with Crippen molar-refractivity contribution in [2.24, 2.45) is 11.7 Å². The van der Waals surface area contributed by atoms with Crippen LogP contribution in [0.15, 0.2) is 5.38 Å². The topological polar surface area (TPSA) is 77.2 Å². The predicted octanol–water partition coefficient (Wildman–Crippen LogP) is 2.48. The number of hydrogen-bond acceptors (Lipinski definition) is 5. The van der Waals surface area contributed by atoms with E-state index in [0.717, 1.165) is 30.0 Å². The van der Waals surface area contributed by atoms with Crippen molar-refractivity contribution < 1.29 is 9.53 Å². The number of nitrogens with two attached hydrogens (primary N) is 1. The second-order valence-electron chi connectivity index (χ2n) is 5.23. The molecular formula is C14H25Cl2N3O2S. The van der Waals surface area contributed by atoms with Crippen LogP contribution in [0.25, 0.3) is 0 Å². The molecule has 1 saturated heterocycles. The average Bonchev–Trinajstić information content (AvgIpc) is 2.96. The minimum atomic E-state index is -0.453. The molecule has 0 spiro atoms. The van der Waals surface area contributed by atoms with Crippen LogP contribution in [0.4, 0.5) is 0 Å². The summed E-state index contributed by atoms with van der Waals surface area (Å²) in [6.45, 7) is 5.43. The van der Waals surface area contributed by atoms with Gasteiger partial charge in [0.1, 0.15) is 0 Å². The first-order valence-electron chi connectivity index (χ1n) is 7.19. The smallest absolute Gasteiger partial charge is 0.237 e. The zero-order valence-electron chi connectivity index (χ0n) is 12.9. The molecule has 128 valence electrons. The van der Waals surface area contributed by atoms with Crippen LogP contribution >= 0.6 is 36.2 Å². The number of carbonyl (C=O) groups is 1. The Morgan fingerprint density at radius 2 is 2.14 bits per heavy atom. The van der Waals surface area contributed by atoms with Crippen molar-refractivity contribution in [3.63, 3.8) is 0 Å². The SMILES string of the molecule is CCc1nc(C(C)NC(=O)C(N)C2CCOCC2)cs1.Cl.Cl. The molecule has 5 nitrogen and oxygen atoms in total. The van der Waals surface area contributed by atoms with Gasteiger partial charge in [0.2, 0.25) is 5.91 Å². The monoisotopic (exact) mass is 369 g/mol. The maximum atomic E-state index is 12.2. The highest BCUT2D eigenvalue weighted by Crippen LogP contribution is 2.20. The Bertz CT molecular complexity index is 453. The van der Waals surface area contributed by atoms with Gasteiger partial charge in [-0.1, -0.05) is 6.92 Å². The zero-order chi connectivity index (χ0) is 14.5. The Labute approximate surface area is 148 Å². The second kappa shape index (κ2) is 10.4. The minimum Gasteiger partial charge on any atom is -0.381 e. The van der Waals surface area contributed by atoms with Crippen LogP contribution in [0.5, 0.6) is 0 Å². The molecule has 3 N–H and O–H groups in total. The maximum Gasteiger partial charge on any atom is 0.237 e. The number of aryl methyl sites for hydroxylation is 1. The molecule has 0 aromatic carbocycles. The molecule has 2 rings (SSSR count). The molecule has 1 aliphatic heterocycles. The lowest BCUT2D eigenvalue weighted by atomic mass is 9.91. The summed E-state index contributed by atoms with van der Waals surface area (Å²) in [6, 6.07) is -0.546. The number of aromatic nitrogens is 1. The fraction of sp³-hybridized carbons (Fsp3) is 0.714. The van der Waals surface area contributed by atoms with E-state index in [1.807, 2.05) is 12.3 Å². The molecule has 22 heavy (non-hydrogen) atoms. The summed E-state index contributed by atoms with van der Waals surface area (Å²) >= 11 is 1.63. The quantitative estimate of drug-likeness (QED) is 0.835. The van der Waals surface area contributed by atoms with E-state index in [0.29, 0.717) is 13.2 Å². The summed E-state index contributed by atoms with van der Waals surface area (Å²) < 4.78 is 5.30. The molecule has 0 saturated carbocycles. The van der Waals surface area contributed by atoms with E-state index in [1.54, 1.807) is 11.3 Å². The van der Waals surface area contributed by atoms with Gasteiger partial charge in [0, 0.05) is 18.6 Å². The molecule has 1 fully saturated rings. The van der Waals surface area contributed by atoms with E-state index in [-0.39, 0.29) is 42.7 Å². The van der Waals surface area contributed by atoms with Crippen molar-refractivity contribution >= 4 is 42.1 Å². The van der Waals surface area contributed by atoms with E-state index in [4.69, 9.17) is 10.5 Å². The number of nitrogens with one attached hydrogen (secondary N) is 1. The normalized spacial score (nSPS) is 17.8. The predicted molar refractivity (Wildman–Crippen MR) is 94.1 cm³/mol. The molecule has 0 radical (unpaired) electrons. The number of halogens is 2. The van der Waals surface area contributed by atoms with Crippen molar-refractivity contribution in [1.29, 1.82) is 0 Å². The number of carbonyl (C=O) groups excluding carboxylic acids is 1. The molecule has 2 atom stereocenters. The Balaban J connectivity index is 0.00000220. The van der Waals surface area contributed by atoms with E-state index >= 15 is 0 Å². The molecule has 1 aromatic rings. The Hall–Kier alpha value is -0.400. The number of ether oxygens (including phenoxy) is 1. The maximum absolute atomic E-state index is 12.2. The summed E-state index contributed by atoms with van der Waals surface area (Å²) in [6.07, 6.45) is 2.65. The highest BCUT2D eigenvalue weighted by Gasteiger charge is 2.27. The fourth-order valence-electron chi connectivity index (χ4n) is 2.36. The lowest BCUT2D eigenvalue weighted by molar-refractivity contribution is -0.125. The van der Waals surface area contributed by atoms with Crippen molar-refractivity contribution in [2.75, 3.05) is 13.2 Å². The molecule has 2 unspecified atom stereocenters. The first-order chi connectivity index (χ1) is 9.61. The second-order valence-corrected chi connectivity index (χ2v) is 6.17. The van der Waals surface area contributed by atoms with Gasteiger partial charge < -0.3 is 15.8 Å². The Morgan fingerprint density at radius 3 is 2.68 bits per heavy atom. The van der Waals surface area contributed by atoms with Crippen LogP contribution in [-0.4, -0.2) is 30.1 Å². The van der Waals surface area contributed by atoms with E-state index in [9.17, 15) is 4.79 Å². The largest absolute Gasteiger partial charge is 0.381 e. The first kappa shape index (κ1) is 21.6. The standard InChI is InChI=1S/C14H23N3O2S.2ClH/c1-3-12-17-11(8-20-12)9(2)16-14(18)13(15)10-4-6-19-7-5-10;;/h8-10,13H,3-7,15H2,1-2H3,(H,16,18);2*1H. The van der Waals surface area contributed by atoms with Crippen LogP contribution < -0.4 is 11.1 Å². The first-order valence-corrected chi connectivity index (χ1v) is 8.07. The third-order valence-corrected chi connectivity index (χ3v) is 4.76. The van der Waals surface area contributed by atoms with E-state index in [1.165, 1.54) is 0 Å². The lowest BCUT2D eigenvalue weighted by Crippen LogP contribution is -2.47. The number of nitrogens with zero attached hydrogens (tertiary/aromatic N) is 1. The Morgan fingerprint density at radius 1 is 1.50 bits per heavy atom. The average molecular weight is 370 g/mol. The van der Waals surface area contributed by atoms with Gasteiger partial charge in [-0.25, -0.2) is 4.98 Å². The number of hydrogen-bond donors (Lipinski definition) is 2. The zero-order valence-corrected chi connectivity index (χ0v) is 15.4. The Kier molecular flexibility index (Phi) is 10.2. The van der Waals surface area contributed by atoms with Crippen LogP contribution in [0, 0.1) is 5.92 Å². The van der Waals surface area contributed by atoms with Crippen molar-refractivity contribution in [2.45, 2.75) is 45.2 Å². The van der Waals surface area contributed by atoms with Gasteiger partial charge in [-0.15, -0.1) is 36.2 Å². The van der Waals surface area contributed by atoms with Gasteiger partial charge in [-0.2, -0.15) is 0 Å². The summed E-state index contributed by atoms with van der Waals surface area (Å²) in [5.74, 6) is 0.132. The van der Waals surface area contributed by atoms with Crippen LogP contribution in [0.2, 0.25) is 0 Å². The number of amides is 1. The van der Waals surface area contributed by atoms with Crippen LogP contribution in [-0.2, 0) is 16.0 Å². The summed E-state index contributed by atoms with van der Waals surface area (Å²) in [7, 11) is 0. The van der Waals surface area contributed by atoms with Crippen molar-refractivity contribution in [1.82, 2.24) is 10.3 Å². The summed E-state index contributed by atoms with van der Waals surface area (Å²) in [5, 5.41) is 6.07. The molecule has 2 heterocycles. The van der Waals surface area contributed by atoms with Crippen molar-refractivity contribution in [3.8, 4) is 0 Å². The van der Waals surface area contributed by atoms with Crippen molar-refractivity contribution in [3.05, 3.63) is 16.1 Å². The molecule has 1 amide bonds. The molecule has 0 aliphatic carbocycles. The molecule has 8 heteroatoms. The summed E-state index contributed by atoms with van der Waals surface area (Å²) in [4.78, 5) is 16.7. The van der Waals surface area contributed by atoms with E-state index in [2.05, 4.69) is 17.2 Å². The third kappa shape index (κ3) is 5.66. The van der Waals surface area contributed by atoms with Crippen LogP contribution in [0.3, 0.4) is 0 Å². The number of rotatable bonds is 5. The third-order valence-electron chi connectivity index (χ3n) is 3.75. The molecule has 0 bridgehead atoms. The fourth-order valence-corrected chi connectivity index (χ4v) is 3.20. The molecular weight excluding hydrogens is 345 g/mol. The van der Waals surface area contributed by atoms with Gasteiger partial charge in [-0.3, -0.25) is 4.79 Å². The lowest BCUT2D eigenvalue weighted by Gasteiger charge is -2.27. The minimum absolute atomic E-state index is 0. The van der Waals surface area contributed by atoms with Gasteiger partial charge in [0.05, 0.1) is 22.8 Å². The highest BCUT2D eigenvalue weighted by atomic mass is 35.5. The van der Waals surface area contributed by atoms with E-state index < -0.39 is 6.04 Å². The molecule has 1 aliphatic rings. The van der Waals surface area contributed by atoms with Gasteiger partial charge in [-0.05, 0) is 32.1 Å².